The molecule has 6 heteroatoms. The Kier molecular flexibility index (Phi) is 4.50. The molecule has 3 aromatic rings. The number of hydrogen-bond donors (Lipinski definition) is 0. The molecular formula is C26H24BrNO4. The lowest BCUT2D eigenvalue weighted by Gasteiger charge is -2.36. The fourth-order valence-electron chi connectivity index (χ4n) is 5.85. The molecule has 1 aliphatic carbocycles. The van der Waals surface area contributed by atoms with Crippen LogP contribution < -0.4 is 0 Å². The molecule has 2 saturated heterocycles. The lowest BCUT2D eigenvalue weighted by molar-refractivity contribution is -0.252. The van der Waals surface area contributed by atoms with Crippen LogP contribution in [0.15, 0.2) is 53.0 Å². The summed E-state index contributed by atoms with van der Waals surface area (Å²) < 4.78 is 26.8. The summed E-state index contributed by atoms with van der Waals surface area (Å²) >= 11 is 3.63. The van der Waals surface area contributed by atoms with Gasteiger partial charge in [0.25, 0.3) is 0 Å². The monoisotopic (exact) mass is 493 g/mol. The van der Waals surface area contributed by atoms with E-state index in [0.717, 1.165) is 63.4 Å². The highest BCUT2D eigenvalue weighted by atomic mass is 79.9. The summed E-state index contributed by atoms with van der Waals surface area (Å²) in [6, 6.07) is 16.7. The first-order valence-corrected chi connectivity index (χ1v) is 12.3. The van der Waals surface area contributed by atoms with Gasteiger partial charge in [0.15, 0.2) is 12.1 Å². The molecule has 7 rings (SSSR count). The van der Waals surface area contributed by atoms with Crippen molar-refractivity contribution in [2.45, 2.75) is 69.1 Å². The van der Waals surface area contributed by atoms with E-state index in [2.05, 4.69) is 52.3 Å². The first-order chi connectivity index (χ1) is 15.7. The maximum absolute atomic E-state index is 6.51. The van der Waals surface area contributed by atoms with Gasteiger partial charge in [-0.05, 0) is 42.2 Å². The van der Waals surface area contributed by atoms with Gasteiger partial charge in [-0.2, -0.15) is 0 Å². The molecule has 3 aliphatic heterocycles. The van der Waals surface area contributed by atoms with Gasteiger partial charge in [0.2, 0.25) is 0 Å². The summed E-state index contributed by atoms with van der Waals surface area (Å²) in [5.74, 6) is -0.486. The third kappa shape index (κ3) is 2.94. The van der Waals surface area contributed by atoms with Crippen molar-refractivity contribution in [3.05, 3.63) is 64.3 Å². The second kappa shape index (κ2) is 7.34. The fraction of sp³-hybridized carbons (Fsp3) is 0.423. The smallest absolute Gasteiger partial charge is 0.190 e. The van der Waals surface area contributed by atoms with E-state index in [1.807, 2.05) is 12.1 Å². The van der Waals surface area contributed by atoms with E-state index in [1.54, 1.807) is 0 Å². The third-order valence-corrected chi connectivity index (χ3v) is 7.79. The second-order valence-corrected chi connectivity index (χ2v) is 10.2. The van der Waals surface area contributed by atoms with Crippen LogP contribution in [0.3, 0.4) is 0 Å². The van der Waals surface area contributed by atoms with Crippen LogP contribution in [-0.4, -0.2) is 29.3 Å². The van der Waals surface area contributed by atoms with Gasteiger partial charge in [-0.25, -0.2) is 4.98 Å². The molecule has 0 bridgehead atoms. The van der Waals surface area contributed by atoms with Crippen LogP contribution in [0, 0.1) is 0 Å². The summed E-state index contributed by atoms with van der Waals surface area (Å²) in [7, 11) is 0. The zero-order valence-corrected chi connectivity index (χ0v) is 19.2. The summed E-state index contributed by atoms with van der Waals surface area (Å²) in [5.41, 5.74) is 5.32. The minimum atomic E-state index is -0.486. The van der Waals surface area contributed by atoms with E-state index < -0.39 is 12.1 Å². The van der Waals surface area contributed by atoms with Gasteiger partial charge in [0, 0.05) is 28.3 Å². The summed E-state index contributed by atoms with van der Waals surface area (Å²) in [4.78, 5) is 5.08. The second-order valence-electron chi connectivity index (χ2n) is 9.25. The third-order valence-electron chi connectivity index (χ3n) is 7.30. The Labute approximate surface area is 195 Å². The predicted octanol–water partition coefficient (Wildman–Crippen LogP) is 6.04. The number of halogens is 1. The van der Waals surface area contributed by atoms with E-state index in [1.165, 1.54) is 6.42 Å². The molecule has 4 heterocycles. The Morgan fingerprint density at radius 1 is 0.938 bits per heavy atom. The Morgan fingerprint density at radius 2 is 1.78 bits per heavy atom. The highest BCUT2D eigenvalue weighted by Gasteiger charge is 2.60. The number of fused-ring (bicyclic) bond motifs is 6. The molecule has 164 valence electrons. The fourth-order valence-corrected chi connectivity index (χ4v) is 6.21. The van der Waals surface area contributed by atoms with Crippen LogP contribution in [0.4, 0.5) is 0 Å². The molecule has 32 heavy (non-hydrogen) atoms. The van der Waals surface area contributed by atoms with Crippen LogP contribution in [0.5, 0.6) is 0 Å². The van der Waals surface area contributed by atoms with E-state index >= 15 is 0 Å². The van der Waals surface area contributed by atoms with E-state index in [0.29, 0.717) is 6.61 Å². The average Bonchev–Trinajstić information content (AvgIpc) is 3.32. The first-order valence-electron chi connectivity index (χ1n) is 11.5. The van der Waals surface area contributed by atoms with Crippen molar-refractivity contribution in [3.63, 3.8) is 0 Å². The van der Waals surface area contributed by atoms with Crippen molar-refractivity contribution < 1.29 is 18.9 Å². The molecular weight excluding hydrogens is 470 g/mol. The molecule has 1 saturated carbocycles. The van der Waals surface area contributed by atoms with Gasteiger partial charge in [-0.1, -0.05) is 52.7 Å². The molecule has 4 atom stereocenters. The summed E-state index contributed by atoms with van der Waals surface area (Å²) in [5, 5.41) is 1.11. The van der Waals surface area contributed by atoms with Crippen LogP contribution in [0.1, 0.15) is 49.5 Å². The van der Waals surface area contributed by atoms with Gasteiger partial charge in [0.1, 0.15) is 18.3 Å². The number of ether oxygens (including phenoxy) is 4. The van der Waals surface area contributed by atoms with Gasteiger partial charge in [0.05, 0.1) is 17.8 Å². The van der Waals surface area contributed by atoms with Gasteiger partial charge in [-0.3, -0.25) is 0 Å². The highest BCUT2D eigenvalue weighted by Crippen LogP contribution is 2.52. The number of benzene rings is 2. The molecule has 1 aromatic heterocycles. The molecule has 4 aliphatic rings. The van der Waals surface area contributed by atoms with Crippen molar-refractivity contribution in [1.82, 2.24) is 4.98 Å². The first kappa shape index (κ1) is 19.6. The maximum atomic E-state index is 6.51. The number of rotatable bonds is 1. The summed E-state index contributed by atoms with van der Waals surface area (Å²) in [6.07, 6.45) is 4.33. The highest BCUT2D eigenvalue weighted by molar-refractivity contribution is 9.10. The van der Waals surface area contributed by atoms with Crippen molar-refractivity contribution in [1.29, 1.82) is 0 Å². The lowest BCUT2D eigenvalue weighted by atomic mass is 9.90. The quantitative estimate of drug-likeness (QED) is 0.413. The maximum Gasteiger partial charge on any atom is 0.190 e. The van der Waals surface area contributed by atoms with Crippen LogP contribution in [-0.2, 0) is 25.6 Å². The average molecular weight is 494 g/mol. The molecule has 0 N–H and O–H groups in total. The Morgan fingerprint density at radius 3 is 2.62 bits per heavy atom. The number of nitrogens with zero attached hydrogens (tertiary/aromatic N) is 1. The van der Waals surface area contributed by atoms with Crippen molar-refractivity contribution in [2.24, 2.45) is 0 Å². The molecule has 2 aromatic carbocycles. The molecule has 0 unspecified atom stereocenters. The SMILES string of the molecule is Brc1ccc2nc3c(c(-c4ccccc4)c2c1)CO[C@@H]1[C@H]2OC4(CCCCC4)O[C@H]2O[C@H]31. The topological polar surface area (TPSA) is 49.8 Å². The summed E-state index contributed by atoms with van der Waals surface area (Å²) in [6.45, 7) is 0.485. The van der Waals surface area contributed by atoms with Crippen molar-refractivity contribution in [2.75, 3.05) is 0 Å². The molecule has 3 fully saturated rings. The number of pyridine rings is 1. The number of hydrogen-bond acceptors (Lipinski definition) is 5. The van der Waals surface area contributed by atoms with Gasteiger partial charge in [-0.15, -0.1) is 0 Å². The Balaban J connectivity index is 1.33. The predicted molar refractivity (Wildman–Crippen MR) is 123 cm³/mol. The van der Waals surface area contributed by atoms with Crippen molar-refractivity contribution >= 4 is 26.8 Å². The van der Waals surface area contributed by atoms with Crippen molar-refractivity contribution in [3.8, 4) is 11.1 Å². The van der Waals surface area contributed by atoms with E-state index in [4.69, 9.17) is 23.9 Å². The van der Waals surface area contributed by atoms with Crippen LogP contribution in [0.25, 0.3) is 22.0 Å². The zero-order chi connectivity index (χ0) is 21.3. The minimum Gasteiger partial charge on any atom is -0.367 e. The molecule has 0 amide bonds. The molecule has 5 nitrogen and oxygen atoms in total. The molecule has 1 spiro atoms. The Bertz CT molecular complexity index is 1190. The molecule has 0 radical (unpaired) electrons. The normalized spacial score (nSPS) is 30.3. The number of aromatic nitrogens is 1. The van der Waals surface area contributed by atoms with Crippen LogP contribution >= 0.6 is 15.9 Å². The van der Waals surface area contributed by atoms with Crippen LogP contribution in [0.2, 0.25) is 0 Å². The largest absolute Gasteiger partial charge is 0.367 e. The zero-order valence-electron chi connectivity index (χ0n) is 17.6. The minimum absolute atomic E-state index is 0.196. The van der Waals surface area contributed by atoms with Gasteiger partial charge < -0.3 is 18.9 Å². The van der Waals surface area contributed by atoms with E-state index in [-0.39, 0.29) is 18.3 Å². The standard InChI is InChI=1S/C26H24BrNO4/c27-16-9-10-19-17(13-16)20(15-7-3-1-4-8-15)18-14-29-23-22(21(18)28-19)30-25-24(23)31-26(32-25)11-5-2-6-12-26/h1,3-4,7-10,13,22-25H,2,5-6,11-12,14H2/t22-,23+,24-,25-/m1/s1. The van der Waals surface area contributed by atoms with Gasteiger partial charge >= 0.3 is 0 Å². The Hall–Kier alpha value is -1.83. The lowest BCUT2D eigenvalue weighted by Crippen LogP contribution is -2.39. The van der Waals surface area contributed by atoms with E-state index in [9.17, 15) is 0 Å².